The molecule has 0 spiro atoms. The smallest absolute Gasteiger partial charge is 0.321 e. The minimum Gasteiger partial charge on any atom is -0.379 e. The molecule has 3 rings (SSSR count). The van der Waals surface area contributed by atoms with Crippen LogP contribution in [0, 0.1) is 5.92 Å². The molecule has 8 heteroatoms. The summed E-state index contributed by atoms with van der Waals surface area (Å²) in [5.74, 6) is 0.315. The van der Waals surface area contributed by atoms with Crippen molar-refractivity contribution < 1.29 is 14.3 Å². The Balaban J connectivity index is 1.52. The van der Waals surface area contributed by atoms with Crippen molar-refractivity contribution in [2.45, 2.75) is 6.42 Å². The third-order valence-corrected chi connectivity index (χ3v) is 4.83. The summed E-state index contributed by atoms with van der Waals surface area (Å²) in [6.45, 7) is 6.09. The lowest BCUT2D eigenvalue weighted by Gasteiger charge is -2.29. The molecule has 0 saturated carbocycles. The van der Waals surface area contributed by atoms with Crippen LogP contribution >= 0.6 is 0 Å². The lowest BCUT2D eigenvalue weighted by atomic mass is 10.1. The number of morpholine rings is 1. The Labute approximate surface area is 154 Å². The van der Waals surface area contributed by atoms with Crippen molar-refractivity contribution in [2.75, 3.05) is 65.3 Å². The van der Waals surface area contributed by atoms with Crippen molar-refractivity contribution in [1.82, 2.24) is 19.7 Å². The van der Waals surface area contributed by atoms with Crippen molar-refractivity contribution >= 4 is 17.6 Å². The zero-order valence-corrected chi connectivity index (χ0v) is 15.5. The second-order valence-corrected chi connectivity index (χ2v) is 7.07. The van der Waals surface area contributed by atoms with Gasteiger partial charge in [-0.1, -0.05) is 0 Å². The number of likely N-dealkylation sites (tertiary alicyclic amines) is 1. The van der Waals surface area contributed by atoms with E-state index in [2.05, 4.69) is 15.2 Å². The number of carbonyl (C=O) groups excluding carboxylic acids is 2. The highest BCUT2D eigenvalue weighted by Crippen LogP contribution is 2.19. The minimum atomic E-state index is -0.187. The van der Waals surface area contributed by atoms with Gasteiger partial charge in [-0.25, -0.2) is 4.79 Å². The molecule has 1 atom stereocenters. The molecule has 0 aromatic carbocycles. The van der Waals surface area contributed by atoms with E-state index in [0.717, 1.165) is 52.4 Å². The molecule has 1 aromatic heterocycles. The molecule has 1 N–H and O–H groups in total. The quantitative estimate of drug-likeness (QED) is 0.865. The highest BCUT2D eigenvalue weighted by Gasteiger charge is 2.28. The number of carbonyl (C=O) groups is 2. The Morgan fingerprint density at radius 2 is 2.08 bits per heavy atom. The van der Waals surface area contributed by atoms with E-state index in [9.17, 15) is 9.59 Å². The summed E-state index contributed by atoms with van der Waals surface area (Å²) in [4.78, 5) is 34.3. The molecule has 2 aliphatic rings. The molecule has 0 bridgehead atoms. The Kier molecular flexibility index (Phi) is 6.05. The van der Waals surface area contributed by atoms with E-state index in [1.54, 1.807) is 26.2 Å². The van der Waals surface area contributed by atoms with E-state index in [-0.39, 0.29) is 11.9 Å². The number of hydrogen-bond donors (Lipinski definition) is 1. The SMILES string of the molecule is CN(C)C(=O)c1cc(NC(=O)N2CCC(CN3CCOCC3)C2)ccn1. The van der Waals surface area contributed by atoms with Gasteiger partial charge in [0.1, 0.15) is 5.69 Å². The summed E-state index contributed by atoms with van der Waals surface area (Å²) >= 11 is 0. The Bertz CT molecular complexity index is 645. The molecule has 8 nitrogen and oxygen atoms in total. The number of hydrogen-bond acceptors (Lipinski definition) is 5. The van der Waals surface area contributed by atoms with Crippen molar-refractivity contribution in [2.24, 2.45) is 5.92 Å². The molecular formula is C18H27N5O3. The van der Waals surface area contributed by atoms with Crippen molar-refractivity contribution in [3.8, 4) is 0 Å². The van der Waals surface area contributed by atoms with Gasteiger partial charge in [0.05, 0.1) is 13.2 Å². The first-order chi connectivity index (χ1) is 12.5. The molecule has 3 amide bonds. The lowest BCUT2D eigenvalue weighted by molar-refractivity contribution is 0.0314. The number of nitrogens with one attached hydrogen (secondary N) is 1. The summed E-state index contributed by atoms with van der Waals surface area (Å²) < 4.78 is 5.38. The highest BCUT2D eigenvalue weighted by molar-refractivity contribution is 5.95. The maximum Gasteiger partial charge on any atom is 0.321 e. The monoisotopic (exact) mass is 361 g/mol. The molecule has 0 radical (unpaired) electrons. The molecule has 2 saturated heterocycles. The van der Waals surface area contributed by atoms with Crippen LogP contribution in [0.4, 0.5) is 10.5 Å². The molecule has 2 fully saturated rings. The standard InChI is InChI=1S/C18H27N5O3/c1-21(2)17(24)16-11-15(3-5-19-16)20-18(25)23-6-4-14(13-23)12-22-7-9-26-10-8-22/h3,5,11,14H,4,6-10,12-13H2,1-2H3,(H,19,20,25). The summed E-state index contributed by atoms with van der Waals surface area (Å²) in [6, 6.07) is 3.19. The van der Waals surface area contributed by atoms with Gasteiger partial charge < -0.3 is 19.9 Å². The minimum absolute atomic E-state index is 0.121. The first kappa shape index (κ1) is 18.6. The number of aromatic nitrogens is 1. The van der Waals surface area contributed by atoms with Crippen LogP contribution in [0.15, 0.2) is 18.3 Å². The van der Waals surface area contributed by atoms with E-state index >= 15 is 0 Å². The fourth-order valence-electron chi connectivity index (χ4n) is 3.37. The average Bonchev–Trinajstić information content (AvgIpc) is 3.10. The Hall–Kier alpha value is -2.19. The molecule has 0 aliphatic carbocycles. The van der Waals surface area contributed by atoms with Crippen LogP contribution in [0.1, 0.15) is 16.9 Å². The van der Waals surface area contributed by atoms with Crippen molar-refractivity contribution in [3.05, 3.63) is 24.0 Å². The average molecular weight is 361 g/mol. The van der Waals surface area contributed by atoms with Crippen LogP contribution < -0.4 is 5.32 Å². The van der Waals surface area contributed by atoms with Crippen molar-refractivity contribution in [3.63, 3.8) is 0 Å². The summed E-state index contributed by atoms with van der Waals surface area (Å²) in [6.07, 6.45) is 2.56. The predicted molar refractivity (Wildman–Crippen MR) is 98.2 cm³/mol. The zero-order chi connectivity index (χ0) is 18.5. The fraction of sp³-hybridized carbons (Fsp3) is 0.611. The summed E-state index contributed by atoms with van der Waals surface area (Å²) in [7, 11) is 3.35. The zero-order valence-electron chi connectivity index (χ0n) is 15.5. The number of ether oxygens (including phenoxy) is 1. The second kappa shape index (κ2) is 8.46. The largest absolute Gasteiger partial charge is 0.379 e. The third kappa shape index (κ3) is 4.70. The molecule has 2 aliphatic heterocycles. The third-order valence-electron chi connectivity index (χ3n) is 4.83. The van der Waals surface area contributed by atoms with Gasteiger partial charge in [-0.05, 0) is 24.5 Å². The van der Waals surface area contributed by atoms with Gasteiger partial charge in [0.25, 0.3) is 5.91 Å². The normalized spacial score (nSPS) is 20.8. The number of anilines is 1. The van der Waals surface area contributed by atoms with E-state index in [0.29, 0.717) is 17.3 Å². The second-order valence-electron chi connectivity index (χ2n) is 7.07. The molecule has 142 valence electrons. The maximum absolute atomic E-state index is 12.5. The number of amides is 3. The molecule has 26 heavy (non-hydrogen) atoms. The topological polar surface area (TPSA) is 78.0 Å². The number of urea groups is 1. The first-order valence-corrected chi connectivity index (χ1v) is 9.06. The lowest BCUT2D eigenvalue weighted by Crippen LogP contribution is -2.40. The van der Waals surface area contributed by atoms with Crippen LogP contribution in [0.2, 0.25) is 0 Å². The number of pyridine rings is 1. The molecular weight excluding hydrogens is 334 g/mol. The van der Waals surface area contributed by atoms with Gasteiger partial charge in [-0.3, -0.25) is 14.7 Å². The molecule has 1 unspecified atom stereocenters. The van der Waals surface area contributed by atoms with Crippen LogP contribution in [0.5, 0.6) is 0 Å². The summed E-state index contributed by atoms with van der Waals surface area (Å²) in [5.41, 5.74) is 0.909. The maximum atomic E-state index is 12.5. The number of nitrogens with zero attached hydrogens (tertiary/aromatic N) is 4. The van der Waals surface area contributed by atoms with Gasteiger partial charge in [-0.2, -0.15) is 0 Å². The van der Waals surface area contributed by atoms with E-state index in [1.165, 1.54) is 11.1 Å². The van der Waals surface area contributed by atoms with Gasteiger partial charge in [0.15, 0.2) is 0 Å². The highest BCUT2D eigenvalue weighted by atomic mass is 16.5. The van der Waals surface area contributed by atoms with Crippen molar-refractivity contribution in [1.29, 1.82) is 0 Å². The van der Waals surface area contributed by atoms with Gasteiger partial charge in [0.2, 0.25) is 0 Å². The Morgan fingerprint density at radius 3 is 2.81 bits per heavy atom. The predicted octanol–water partition coefficient (Wildman–Crippen LogP) is 0.969. The van der Waals surface area contributed by atoms with Crippen LogP contribution in [0.25, 0.3) is 0 Å². The molecule has 3 heterocycles. The van der Waals surface area contributed by atoms with Gasteiger partial charge >= 0.3 is 6.03 Å². The van der Waals surface area contributed by atoms with Gasteiger partial charge in [0, 0.05) is 58.7 Å². The number of rotatable bonds is 4. The van der Waals surface area contributed by atoms with Crippen LogP contribution in [-0.4, -0.2) is 91.7 Å². The van der Waals surface area contributed by atoms with Crippen LogP contribution in [0.3, 0.4) is 0 Å². The van der Waals surface area contributed by atoms with E-state index < -0.39 is 0 Å². The van der Waals surface area contributed by atoms with E-state index in [1.807, 2.05) is 4.90 Å². The Morgan fingerprint density at radius 1 is 1.31 bits per heavy atom. The van der Waals surface area contributed by atoms with E-state index in [4.69, 9.17) is 4.74 Å². The molecule has 1 aromatic rings. The summed E-state index contributed by atoms with van der Waals surface area (Å²) in [5, 5.41) is 2.88. The fourth-order valence-corrected chi connectivity index (χ4v) is 3.37. The van der Waals surface area contributed by atoms with Crippen LogP contribution in [-0.2, 0) is 4.74 Å². The van der Waals surface area contributed by atoms with Gasteiger partial charge in [-0.15, -0.1) is 0 Å². The first-order valence-electron chi connectivity index (χ1n) is 9.06.